The van der Waals surface area contributed by atoms with Crippen molar-refractivity contribution in [2.45, 2.75) is 32.0 Å². The Bertz CT molecular complexity index is 1090. The number of carbonyl (C=O) groups excluding carboxylic acids is 1. The van der Waals surface area contributed by atoms with E-state index in [-0.39, 0.29) is 17.4 Å². The van der Waals surface area contributed by atoms with Gasteiger partial charge in [-0.2, -0.15) is 5.10 Å². The fraction of sp³-hybridized carbons (Fsp3) is 0.217. The van der Waals surface area contributed by atoms with Crippen LogP contribution in [0, 0.1) is 6.92 Å². The van der Waals surface area contributed by atoms with E-state index in [4.69, 9.17) is 0 Å². The van der Waals surface area contributed by atoms with Crippen LogP contribution in [-0.2, 0) is 17.8 Å². The first-order valence-corrected chi connectivity index (χ1v) is 10.9. The molecule has 0 unspecified atom stereocenters. The van der Waals surface area contributed by atoms with Gasteiger partial charge in [0.05, 0.1) is 12.0 Å². The molecule has 3 rings (SSSR count). The minimum atomic E-state index is -0.273. The number of thioether (sulfide) groups is 1. The van der Waals surface area contributed by atoms with Gasteiger partial charge < -0.3 is 9.67 Å². The number of phenols is 1. The molecule has 1 heterocycles. The zero-order chi connectivity index (χ0) is 22.2. The summed E-state index contributed by atoms with van der Waals surface area (Å²) in [7, 11) is 0. The van der Waals surface area contributed by atoms with Crippen LogP contribution < -0.4 is 5.43 Å². The lowest BCUT2D eigenvalue weighted by Crippen LogP contribution is -2.20. The Morgan fingerprint density at radius 2 is 2.03 bits per heavy atom. The SMILES string of the molecule is C=CCc1cccc(/C=N/NC(=O)CSc2nnc(-c3ccc(C)cc3)n2CC)c1O. The van der Waals surface area contributed by atoms with Crippen LogP contribution in [-0.4, -0.2) is 37.7 Å². The molecule has 0 bridgehead atoms. The summed E-state index contributed by atoms with van der Waals surface area (Å²) in [6.07, 6.45) is 3.70. The highest BCUT2D eigenvalue weighted by Gasteiger charge is 2.14. The van der Waals surface area contributed by atoms with Crippen LogP contribution in [0.2, 0.25) is 0 Å². The number of allylic oxidation sites excluding steroid dienone is 1. The summed E-state index contributed by atoms with van der Waals surface area (Å²) in [6, 6.07) is 13.5. The number of aromatic hydroxyl groups is 1. The molecule has 1 aromatic heterocycles. The number of aryl methyl sites for hydroxylation is 1. The summed E-state index contributed by atoms with van der Waals surface area (Å²) >= 11 is 1.30. The molecule has 3 aromatic rings. The molecule has 0 aliphatic heterocycles. The maximum Gasteiger partial charge on any atom is 0.250 e. The van der Waals surface area contributed by atoms with Gasteiger partial charge in [0.15, 0.2) is 11.0 Å². The molecule has 0 atom stereocenters. The van der Waals surface area contributed by atoms with Gasteiger partial charge in [0.2, 0.25) is 0 Å². The van der Waals surface area contributed by atoms with Crippen LogP contribution >= 0.6 is 11.8 Å². The molecular formula is C23H25N5O2S. The van der Waals surface area contributed by atoms with Crippen molar-refractivity contribution in [1.82, 2.24) is 20.2 Å². The molecule has 7 nitrogen and oxygen atoms in total. The molecule has 2 aromatic carbocycles. The molecule has 2 N–H and O–H groups in total. The van der Waals surface area contributed by atoms with Crippen LogP contribution in [0.5, 0.6) is 5.75 Å². The van der Waals surface area contributed by atoms with Crippen LogP contribution in [0.4, 0.5) is 0 Å². The van der Waals surface area contributed by atoms with E-state index in [2.05, 4.69) is 27.3 Å². The van der Waals surface area contributed by atoms with Gasteiger partial charge in [0, 0.05) is 17.7 Å². The van der Waals surface area contributed by atoms with Gasteiger partial charge in [0.25, 0.3) is 5.91 Å². The number of phenolic OH excluding ortho intramolecular Hbond substituents is 1. The first-order valence-electron chi connectivity index (χ1n) is 9.90. The third-order valence-electron chi connectivity index (χ3n) is 4.58. The first-order chi connectivity index (χ1) is 15.0. The van der Waals surface area contributed by atoms with Crippen molar-refractivity contribution in [2.24, 2.45) is 5.10 Å². The number of benzene rings is 2. The van der Waals surface area contributed by atoms with Gasteiger partial charge in [-0.25, -0.2) is 5.43 Å². The van der Waals surface area contributed by atoms with Crippen molar-refractivity contribution < 1.29 is 9.90 Å². The standard InChI is InChI=1S/C23H25N5O2S/c1-4-7-17-8-6-9-19(21(17)30)14-24-25-20(29)15-31-23-27-26-22(28(23)5-2)18-12-10-16(3)11-13-18/h4,6,8-14,30H,1,5,7,15H2,2-3H3,(H,25,29)/b24-14+. The number of para-hydroxylation sites is 1. The summed E-state index contributed by atoms with van der Waals surface area (Å²) in [5.41, 5.74) is 5.93. The lowest BCUT2D eigenvalue weighted by molar-refractivity contribution is -0.118. The largest absolute Gasteiger partial charge is 0.507 e. The quantitative estimate of drug-likeness (QED) is 0.230. The van der Waals surface area contributed by atoms with Crippen molar-refractivity contribution in [2.75, 3.05) is 5.75 Å². The number of hydrazone groups is 1. The van der Waals surface area contributed by atoms with Crippen molar-refractivity contribution in [3.8, 4) is 17.1 Å². The van der Waals surface area contributed by atoms with E-state index in [0.29, 0.717) is 23.7 Å². The summed E-state index contributed by atoms with van der Waals surface area (Å²) in [5, 5.41) is 23.4. The zero-order valence-electron chi connectivity index (χ0n) is 17.6. The van der Waals surface area contributed by atoms with E-state index in [1.54, 1.807) is 12.1 Å². The Kier molecular flexibility index (Phi) is 7.61. The highest BCUT2D eigenvalue weighted by Crippen LogP contribution is 2.24. The zero-order valence-corrected chi connectivity index (χ0v) is 18.4. The van der Waals surface area contributed by atoms with Crippen LogP contribution in [0.15, 0.2) is 65.4 Å². The molecule has 0 aliphatic carbocycles. The molecular weight excluding hydrogens is 410 g/mol. The van der Waals surface area contributed by atoms with E-state index < -0.39 is 0 Å². The smallest absolute Gasteiger partial charge is 0.250 e. The van der Waals surface area contributed by atoms with Crippen molar-refractivity contribution in [3.05, 3.63) is 71.8 Å². The summed E-state index contributed by atoms with van der Waals surface area (Å²) < 4.78 is 1.98. The second-order valence-corrected chi connectivity index (χ2v) is 7.79. The number of rotatable bonds is 9. The monoisotopic (exact) mass is 435 g/mol. The molecule has 1 amide bonds. The molecule has 0 radical (unpaired) electrons. The Hall–Kier alpha value is -3.39. The Morgan fingerprint density at radius 3 is 2.74 bits per heavy atom. The number of amides is 1. The predicted molar refractivity (Wildman–Crippen MR) is 124 cm³/mol. The maximum absolute atomic E-state index is 12.2. The van der Waals surface area contributed by atoms with E-state index >= 15 is 0 Å². The molecule has 0 spiro atoms. The number of nitrogens with one attached hydrogen (secondary N) is 1. The third kappa shape index (κ3) is 5.61. The van der Waals surface area contributed by atoms with Crippen molar-refractivity contribution in [3.63, 3.8) is 0 Å². The summed E-state index contributed by atoms with van der Waals surface area (Å²) in [5.74, 6) is 0.782. The molecule has 31 heavy (non-hydrogen) atoms. The fourth-order valence-corrected chi connectivity index (χ4v) is 3.76. The highest BCUT2D eigenvalue weighted by molar-refractivity contribution is 7.99. The lowest BCUT2D eigenvalue weighted by atomic mass is 10.1. The first kappa shape index (κ1) is 22.3. The number of carbonyl (C=O) groups is 1. The second-order valence-electron chi connectivity index (χ2n) is 6.85. The molecule has 8 heteroatoms. The molecule has 0 saturated heterocycles. The lowest BCUT2D eigenvalue weighted by Gasteiger charge is -2.07. The average Bonchev–Trinajstić information content (AvgIpc) is 3.18. The summed E-state index contributed by atoms with van der Waals surface area (Å²) in [4.78, 5) is 12.2. The number of hydrogen-bond acceptors (Lipinski definition) is 6. The Morgan fingerprint density at radius 1 is 1.26 bits per heavy atom. The van der Waals surface area contributed by atoms with Gasteiger partial charge >= 0.3 is 0 Å². The Balaban J connectivity index is 1.60. The topological polar surface area (TPSA) is 92.4 Å². The van der Waals surface area contributed by atoms with Crippen LogP contribution in [0.25, 0.3) is 11.4 Å². The van der Waals surface area contributed by atoms with Crippen LogP contribution in [0.1, 0.15) is 23.6 Å². The van der Waals surface area contributed by atoms with E-state index in [1.807, 2.05) is 54.8 Å². The number of hydrogen-bond donors (Lipinski definition) is 2. The molecule has 0 aliphatic rings. The van der Waals surface area contributed by atoms with Gasteiger partial charge in [0.1, 0.15) is 5.75 Å². The van der Waals surface area contributed by atoms with Crippen LogP contribution in [0.3, 0.4) is 0 Å². The van der Waals surface area contributed by atoms with Gasteiger partial charge in [-0.1, -0.05) is 59.8 Å². The molecule has 0 fully saturated rings. The normalized spacial score (nSPS) is 11.0. The number of nitrogens with zero attached hydrogens (tertiary/aromatic N) is 4. The van der Waals surface area contributed by atoms with Crippen molar-refractivity contribution in [1.29, 1.82) is 0 Å². The summed E-state index contributed by atoms with van der Waals surface area (Å²) in [6.45, 7) is 8.42. The Labute approximate surface area is 185 Å². The van der Waals surface area contributed by atoms with Crippen molar-refractivity contribution >= 4 is 23.9 Å². The highest BCUT2D eigenvalue weighted by atomic mass is 32.2. The van der Waals surface area contributed by atoms with Gasteiger partial charge in [-0.15, -0.1) is 16.8 Å². The second kappa shape index (κ2) is 10.6. The van der Waals surface area contributed by atoms with E-state index in [1.165, 1.54) is 23.5 Å². The third-order valence-corrected chi connectivity index (χ3v) is 5.55. The fourth-order valence-electron chi connectivity index (χ4n) is 2.97. The van der Waals surface area contributed by atoms with Gasteiger partial charge in [-0.05, 0) is 31.9 Å². The molecule has 0 saturated carbocycles. The van der Waals surface area contributed by atoms with E-state index in [0.717, 1.165) is 17.0 Å². The predicted octanol–water partition coefficient (Wildman–Crippen LogP) is 3.95. The minimum Gasteiger partial charge on any atom is -0.507 e. The number of aromatic nitrogens is 3. The van der Waals surface area contributed by atoms with E-state index in [9.17, 15) is 9.90 Å². The molecule has 160 valence electrons. The minimum absolute atomic E-state index is 0.134. The average molecular weight is 436 g/mol. The van der Waals surface area contributed by atoms with Gasteiger partial charge in [-0.3, -0.25) is 4.79 Å². The maximum atomic E-state index is 12.2.